The van der Waals surface area contributed by atoms with E-state index < -0.39 is 17.9 Å². The first-order valence-electron chi connectivity index (χ1n) is 2.78. The molecule has 12 nitrogen and oxygen atoms in total. The summed E-state index contributed by atoms with van der Waals surface area (Å²) >= 11 is 0. The summed E-state index contributed by atoms with van der Waals surface area (Å²) in [5, 5.41) is 22.2. The predicted molar refractivity (Wildman–Crippen MR) is 61.6 cm³/mol. The summed E-state index contributed by atoms with van der Waals surface area (Å²) in [7, 11) is 0. The van der Waals surface area contributed by atoms with E-state index in [4.69, 9.17) is 29.7 Å². The second-order valence-electron chi connectivity index (χ2n) is 1.56. The molecule has 0 saturated carbocycles. The maximum atomic E-state index is 9.00. The minimum atomic E-state index is -0.833. The maximum Gasteiger partial charge on any atom is 0.300 e. The number of carboxylic acid groups (broad SMARTS) is 3. The van der Waals surface area contributed by atoms with Crippen LogP contribution >= 0.6 is 0 Å². The molecule has 19 heavy (non-hydrogen) atoms. The summed E-state index contributed by atoms with van der Waals surface area (Å²) in [6.07, 6.45) is 0. The molecule has 0 fully saturated rings. The molecule has 0 atom stereocenters. The number of hydrogen-bond acceptors (Lipinski definition) is 3. The fourth-order valence-corrected chi connectivity index (χ4v) is 0. The Labute approximate surface area is 141 Å². The van der Waals surface area contributed by atoms with Crippen molar-refractivity contribution >= 4 is 17.9 Å². The molecule has 0 amide bonds. The van der Waals surface area contributed by atoms with E-state index in [0.29, 0.717) is 0 Å². The van der Waals surface area contributed by atoms with E-state index in [0.717, 1.165) is 20.8 Å². The van der Waals surface area contributed by atoms with Gasteiger partial charge in [-0.3, -0.25) is 14.4 Å². The zero-order valence-electron chi connectivity index (χ0n) is 10.6. The molecule has 124 valence electrons. The van der Waals surface area contributed by atoms with Crippen LogP contribution in [-0.4, -0.2) is 66.1 Å². The topological polar surface area (TPSA) is 301 Å². The molecular formula is C6H24NdO12. The number of carbonyl (C=O) groups is 3. The van der Waals surface area contributed by atoms with Gasteiger partial charge in [0.05, 0.1) is 0 Å². The van der Waals surface area contributed by atoms with Crippen molar-refractivity contribution in [2.45, 2.75) is 20.8 Å². The standard InChI is InChI=1S/3C2H4O2.Nd.6H2O/c3*1-2(3)4;;;;;;;/h3*1H3,(H,3,4);;6*1H2. The molecular weight excluding hydrogens is 408 g/mol. The van der Waals surface area contributed by atoms with Crippen LogP contribution in [0.3, 0.4) is 0 Å². The predicted octanol–water partition coefficient (Wildman–Crippen LogP) is -4.68. The van der Waals surface area contributed by atoms with Gasteiger partial charge in [0.2, 0.25) is 0 Å². The smallest absolute Gasteiger partial charge is 0.300 e. The second-order valence-corrected chi connectivity index (χ2v) is 1.56. The minimum absolute atomic E-state index is 0. The van der Waals surface area contributed by atoms with E-state index in [1.54, 1.807) is 0 Å². The minimum Gasteiger partial charge on any atom is -0.481 e. The van der Waals surface area contributed by atoms with Crippen molar-refractivity contribution in [2.24, 2.45) is 0 Å². The van der Waals surface area contributed by atoms with Crippen LogP contribution in [0.25, 0.3) is 0 Å². The van der Waals surface area contributed by atoms with Gasteiger partial charge in [0, 0.05) is 61.6 Å². The molecule has 0 aromatic rings. The van der Waals surface area contributed by atoms with Crippen LogP contribution in [-0.2, 0) is 14.4 Å². The molecule has 0 aliphatic heterocycles. The zero-order chi connectivity index (χ0) is 10.7. The molecule has 13 heteroatoms. The average molecular weight is 432 g/mol. The van der Waals surface area contributed by atoms with Gasteiger partial charge in [-0.15, -0.1) is 0 Å². The molecule has 15 N–H and O–H groups in total. The van der Waals surface area contributed by atoms with Gasteiger partial charge in [-0.25, -0.2) is 0 Å². The summed E-state index contributed by atoms with van der Waals surface area (Å²) in [5.74, 6) is -2.50. The van der Waals surface area contributed by atoms with E-state index in [1.165, 1.54) is 0 Å². The van der Waals surface area contributed by atoms with Crippen LogP contribution < -0.4 is 0 Å². The Bertz CT molecular complexity index is 120. The molecule has 0 saturated heterocycles. The SMILES string of the molecule is CC(=O)O.CC(=O)O.CC(=O)O.O.O.O.O.O.O.[Nd]. The van der Waals surface area contributed by atoms with Gasteiger partial charge in [0.1, 0.15) is 0 Å². The molecule has 0 aromatic carbocycles. The first kappa shape index (κ1) is 78.3. The van der Waals surface area contributed by atoms with Gasteiger partial charge < -0.3 is 48.2 Å². The van der Waals surface area contributed by atoms with Crippen LogP contribution in [0.5, 0.6) is 0 Å². The number of rotatable bonds is 0. The molecule has 0 spiro atoms. The van der Waals surface area contributed by atoms with Gasteiger partial charge in [-0.1, -0.05) is 0 Å². The third-order valence-corrected chi connectivity index (χ3v) is 0. The van der Waals surface area contributed by atoms with E-state index in [2.05, 4.69) is 0 Å². The van der Waals surface area contributed by atoms with E-state index >= 15 is 0 Å². The molecule has 0 unspecified atom stereocenters. The largest absolute Gasteiger partial charge is 0.481 e. The quantitative estimate of drug-likeness (QED) is 0.337. The third kappa shape index (κ3) is 18400. The van der Waals surface area contributed by atoms with Crippen molar-refractivity contribution in [1.82, 2.24) is 0 Å². The molecule has 0 heterocycles. The van der Waals surface area contributed by atoms with Crippen molar-refractivity contribution in [2.75, 3.05) is 0 Å². The summed E-state index contributed by atoms with van der Waals surface area (Å²) in [6.45, 7) is 3.25. The third-order valence-electron chi connectivity index (χ3n) is 0. The van der Waals surface area contributed by atoms with Crippen molar-refractivity contribution in [1.29, 1.82) is 0 Å². The summed E-state index contributed by atoms with van der Waals surface area (Å²) in [6, 6.07) is 0. The number of carboxylic acids is 3. The molecule has 0 aliphatic carbocycles. The van der Waals surface area contributed by atoms with Crippen LogP contribution in [0, 0.1) is 40.8 Å². The molecule has 0 aromatic heterocycles. The molecule has 0 bridgehead atoms. The Morgan fingerprint density at radius 2 is 0.526 bits per heavy atom. The Morgan fingerprint density at radius 3 is 0.526 bits per heavy atom. The van der Waals surface area contributed by atoms with Crippen LogP contribution in [0.2, 0.25) is 0 Å². The van der Waals surface area contributed by atoms with Crippen molar-refractivity contribution in [3.8, 4) is 0 Å². The summed E-state index contributed by atoms with van der Waals surface area (Å²) in [5.41, 5.74) is 0. The van der Waals surface area contributed by atoms with E-state index in [9.17, 15) is 0 Å². The van der Waals surface area contributed by atoms with Gasteiger partial charge >= 0.3 is 0 Å². The second kappa shape index (κ2) is 65.9. The first-order chi connectivity index (χ1) is 5.20. The first-order valence-corrected chi connectivity index (χ1v) is 2.78. The fraction of sp³-hybridized carbons (Fsp3) is 0.500. The Hall–Kier alpha value is -0.479. The summed E-state index contributed by atoms with van der Waals surface area (Å²) in [4.78, 5) is 27.0. The Kier molecular flexibility index (Phi) is 271. The van der Waals surface area contributed by atoms with Gasteiger partial charge in [-0.05, 0) is 0 Å². The molecule has 0 rings (SSSR count). The van der Waals surface area contributed by atoms with Gasteiger partial charge in [0.25, 0.3) is 17.9 Å². The summed E-state index contributed by atoms with van der Waals surface area (Å²) < 4.78 is 0. The van der Waals surface area contributed by atoms with Crippen molar-refractivity contribution in [3.05, 3.63) is 0 Å². The van der Waals surface area contributed by atoms with Crippen LogP contribution in [0.4, 0.5) is 0 Å². The van der Waals surface area contributed by atoms with E-state index in [-0.39, 0.29) is 73.7 Å². The number of hydrogen-bond donors (Lipinski definition) is 3. The van der Waals surface area contributed by atoms with Crippen molar-refractivity contribution in [3.63, 3.8) is 0 Å². The average Bonchev–Trinajstić information content (AvgIpc) is 1.54. The van der Waals surface area contributed by atoms with Gasteiger partial charge in [0.15, 0.2) is 0 Å². The van der Waals surface area contributed by atoms with Crippen molar-refractivity contribution < 1.29 is 103 Å². The molecule has 0 radical (unpaired) electrons. The monoisotopic (exact) mass is 430 g/mol. The van der Waals surface area contributed by atoms with Gasteiger partial charge in [-0.2, -0.15) is 0 Å². The van der Waals surface area contributed by atoms with Crippen LogP contribution in [0.1, 0.15) is 20.8 Å². The Morgan fingerprint density at radius 1 is 0.526 bits per heavy atom. The molecule has 0 aliphatic rings. The number of aliphatic carboxylic acids is 3. The zero-order valence-corrected chi connectivity index (χ0v) is 13.8. The maximum absolute atomic E-state index is 9.00. The van der Waals surface area contributed by atoms with Crippen LogP contribution in [0.15, 0.2) is 0 Å². The Balaban J connectivity index is -0.00000000675. The normalized spacial score (nSPS) is 3.95. The van der Waals surface area contributed by atoms with E-state index in [1.807, 2.05) is 0 Å². The fourth-order valence-electron chi connectivity index (χ4n) is 0.